The smallest absolute Gasteiger partial charge is 0.0795 e. The van der Waals surface area contributed by atoms with Crippen molar-refractivity contribution < 1.29 is 5.11 Å². The van der Waals surface area contributed by atoms with Crippen molar-refractivity contribution in [3.8, 4) is 0 Å². The molecular weight excluding hydrogens is 216 g/mol. The molecule has 0 aliphatic rings. The zero-order chi connectivity index (χ0) is 10.1. The number of thiazole rings is 1. The predicted octanol–water partition coefficient (Wildman–Crippen LogP) is 1.35. The van der Waals surface area contributed by atoms with Gasteiger partial charge in [0.15, 0.2) is 0 Å². The summed E-state index contributed by atoms with van der Waals surface area (Å²) in [6.45, 7) is 2.18. The molecule has 0 aliphatic heterocycles. The van der Waals surface area contributed by atoms with E-state index >= 15 is 0 Å². The van der Waals surface area contributed by atoms with Gasteiger partial charge in [0.2, 0.25) is 0 Å². The molecule has 0 bridgehead atoms. The number of nitrogens with zero attached hydrogens (tertiary/aromatic N) is 1. The summed E-state index contributed by atoms with van der Waals surface area (Å²) < 4.78 is 0. The predicted molar refractivity (Wildman–Crippen MR) is 62.8 cm³/mol. The first-order valence-corrected chi connectivity index (χ1v) is 6.79. The molecule has 0 aromatic carbocycles. The number of aromatic nitrogens is 1. The maximum absolute atomic E-state index is 8.56. The van der Waals surface area contributed by atoms with Crippen molar-refractivity contribution in [2.24, 2.45) is 0 Å². The first-order valence-electron chi connectivity index (χ1n) is 4.70. The van der Waals surface area contributed by atoms with E-state index in [1.165, 1.54) is 0 Å². The van der Waals surface area contributed by atoms with E-state index < -0.39 is 0 Å². The van der Waals surface area contributed by atoms with Crippen LogP contribution in [0.1, 0.15) is 12.1 Å². The monoisotopic (exact) mass is 232 g/mol. The van der Waals surface area contributed by atoms with E-state index in [0.29, 0.717) is 6.61 Å². The first-order chi connectivity index (χ1) is 6.93. The second kappa shape index (κ2) is 8.23. The Balaban J connectivity index is 1.85. The van der Waals surface area contributed by atoms with Gasteiger partial charge in [-0.1, -0.05) is 0 Å². The highest BCUT2D eigenvalue weighted by Crippen LogP contribution is 2.02. The molecule has 2 N–H and O–H groups in total. The van der Waals surface area contributed by atoms with Crippen LogP contribution in [0.5, 0.6) is 0 Å². The minimum atomic E-state index is 0.305. The second-order valence-corrected chi connectivity index (χ2v) is 4.79. The lowest BCUT2D eigenvalue weighted by Crippen LogP contribution is -2.16. The highest BCUT2D eigenvalue weighted by molar-refractivity contribution is 7.99. The van der Waals surface area contributed by atoms with Crippen molar-refractivity contribution in [3.05, 3.63) is 16.6 Å². The van der Waals surface area contributed by atoms with Gasteiger partial charge in [0.25, 0.3) is 0 Å². The number of aliphatic hydroxyl groups excluding tert-OH is 1. The minimum absolute atomic E-state index is 0.305. The molecule has 0 saturated heterocycles. The fraction of sp³-hybridized carbons (Fsp3) is 0.667. The third kappa shape index (κ3) is 5.59. The van der Waals surface area contributed by atoms with Gasteiger partial charge in [-0.2, -0.15) is 11.8 Å². The molecule has 0 amide bonds. The molecule has 80 valence electrons. The summed E-state index contributed by atoms with van der Waals surface area (Å²) in [5, 5.41) is 13.9. The summed E-state index contributed by atoms with van der Waals surface area (Å²) in [7, 11) is 0. The maximum atomic E-state index is 8.56. The lowest BCUT2D eigenvalue weighted by Gasteiger charge is -2.02. The van der Waals surface area contributed by atoms with E-state index in [1.54, 1.807) is 11.3 Å². The Morgan fingerprint density at radius 3 is 3.14 bits per heavy atom. The van der Waals surface area contributed by atoms with Crippen LogP contribution in [-0.2, 0) is 6.54 Å². The summed E-state index contributed by atoms with van der Waals surface area (Å²) in [4.78, 5) is 4.18. The molecular formula is C9H16N2OS2. The zero-order valence-corrected chi connectivity index (χ0v) is 9.74. The first kappa shape index (κ1) is 12.0. The molecule has 0 fully saturated rings. The zero-order valence-electron chi connectivity index (χ0n) is 8.11. The summed E-state index contributed by atoms with van der Waals surface area (Å²) in [6, 6.07) is 0. The molecule has 0 unspecified atom stereocenters. The Bertz CT molecular complexity index is 217. The molecule has 3 nitrogen and oxygen atoms in total. The average Bonchev–Trinajstić information content (AvgIpc) is 2.69. The van der Waals surface area contributed by atoms with Crippen molar-refractivity contribution in [2.45, 2.75) is 13.0 Å². The number of aliphatic hydroxyl groups is 1. The van der Waals surface area contributed by atoms with Crippen molar-refractivity contribution in [1.82, 2.24) is 10.3 Å². The van der Waals surface area contributed by atoms with Crippen LogP contribution in [0, 0.1) is 0 Å². The fourth-order valence-corrected chi connectivity index (χ4v) is 2.34. The van der Waals surface area contributed by atoms with Crippen LogP contribution in [0.2, 0.25) is 0 Å². The van der Waals surface area contributed by atoms with E-state index in [9.17, 15) is 0 Å². The average molecular weight is 232 g/mol. The van der Waals surface area contributed by atoms with Gasteiger partial charge in [0.05, 0.1) is 11.2 Å². The molecule has 0 spiro atoms. The van der Waals surface area contributed by atoms with Crippen LogP contribution in [0.25, 0.3) is 0 Å². The molecule has 1 aromatic rings. The Morgan fingerprint density at radius 1 is 1.50 bits per heavy atom. The molecule has 0 radical (unpaired) electrons. The van der Waals surface area contributed by atoms with Gasteiger partial charge in [-0.25, -0.2) is 4.98 Å². The van der Waals surface area contributed by atoms with Crippen molar-refractivity contribution >= 4 is 23.1 Å². The lowest BCUT2D eigenvalue weighted by molar-refractivity contribution is 0.296. The van der Waals surface area contributed by atoms with Gasteiger partial charge in [0.1, 0.15) is 0 Å². The minimum Gasteiger partial charge on any atom is -0.396 e. The van der Waals surface area contributed by atoms with E-state index in [4.69, 9.17) is 5.11 Å². The van der Waals surface area contributed by atoms with Crippen LogP contribution in [0.15, 0.2) is 10.9 Å². The van der Waals surface area contributed by atoms with Gasteiger partial charge < -0.3 is 10.4 Å². The fourth-order valence-electron chi connectivity index (χ4n) is 0.954. The standard InChI is InChI=1S/C9H16N2OS2/c12-3-1-4-13-5-2-10-6-9-7-14-8-11-9/h7-8,10,12H,1-6H2. The second-order valence-electron chi connectivity index (χ2n) is 2.85. The Morgan fingerprint density at radius 2 is 2.43 bits per heavy atom. The third-order valence-corrected chi connectivity index (χ3v) is 3.36. The maximum Gasteiger partial charge on any atom is 0.0795 e. The van der Waals surface area contributed by atoms with E-state index in [2.05, 4.69) is 15.7 Å². The van der Waals surface area contributed by atoms with Crippen LogP contribution in [-0.4, -0.2) is 34.7 Å². The molecule has 1 rings (SSSR count). The van der Waals surface area contributed by atoms with Gasteiger partial charge >= 0.3 is 0 Å². The number of nitrogens with one attached hydrogen (secondary N) is 1. The van der Waals surface area contributed by atoms with Gasteiger partial charge in [-0.05, 0) is 12.2 Å². The molecule has 0 saturated carbocycles. The molecule has 14 heavy (non-hydrogen) atoms. The third-order valence-electron chi connectivity index (χ3n) is 1.66. The van der Waals surface area contributed by atoms with Gasteiger partial charge in [-0.15, -0.1) is 11.3 Å². The Hall–Kier alpha value is -0.100. The number of rotatable bonds is 8. The van der Waals surface area contributed by atoms with E-state index in [-0.39, 0.29) is 0 Å². The van der Waals surface area contributed by atoms with Crippen LogP contribution in [0.3, 0.4) is 0 Å². The van der Waals surface area contributed by atoms with Crippen LogP contribution < -0.4 is 5.32 Å². The molecule has 1 aromatic heterocycles. The highest BCUT2D eigenvalue weighted by Gasteiger charge is 1.93. The summed E-state index contributed by atoms with van der Waals surface area (Å²) in [6.07, 6.45) is 0.900. The van der Waals surface area contributed by atoms with Gasteiger partial charge in [-0.3, -0.25) is 0 Å². The molecule has 0 aliphatic carbocycles. The summed E-state index contributed by atoms with van der Waals surface area (Å²) >= 11 is 3.51. The SMILES string of the molecule is OCCCSCCNCc1cscn1. The summed E-state index contributed by atoms with van der Waals surface area (Å²) in [5.41, 5.74) is 2.97. The topological polar surface area (TPSA) is 45.1 Å². The Kier molecular flexibility index (Phi) is 7.04. The molecule has 0 atom stereocenters. The van der Waals surface area contributed by atoms with Crippen LogP contribution in [0.4, 0.5) is 0 Å². The normalized spacial score (nSPS) is 10.6. The van der Waals surface area contributed by atoms with Crippen molar-refractivity contribution in [1.29, 1.82) is 0 Å². The number of hydrogen-bond donors (Lipinski definition) is 2. The molecule has 5 heteroatoms. The highest BCUT2D eigenvalue weighted by atomic mass is 32.2. The van der Waals surface area contributed by atoms with Crippen molar-refractivity contribution in [3.63, 3.8) is 0 Å². The van der Waals surface area contributed by atoms with Crippen molar-refractivity contribution in [2.75, 3.05) is 24.7 Å². The van der Waals surface area contributed by atoms with Gasteiger partial charge in [0, 0.05) is 30.8 Å². The van der Waals surface area contributed by atoms with E-state index in [1.807, 2.05) is 17.3 Å². The lowest BCUT2D eigenvalue weighted by atomic mass is 10.5. The number of hydrogen-bond acceptors (Lipinski definition) is 5. The van der Waals surface area contributed by atoms with E-state index in [0.717, 1.165) is 36.7 Å². The van der Waals surface area contributed by atoms with Crippen LogP contribution >= 0.6 is 23.1 Å². The summed E-state index contributed by atoms with van der Waals surface area (Å²) in [5.74, 6) is 2.15. The quantitative estimate of drug-likeness (QED) is 0.664. The molecule has 1 heterocycles. The largest absolute Gasteiger partial charge is 0.396 e. The Labute approximate surface area is 92.9 Å². The number of thioether (sulfide) groups is 1.